The Morgan fingerprint density at radius 1 is 1.17 bits per heavy atom. The van der Waals surface area contributed by atoms with Crippen LogP contribution in [0.4, 0.5) is 13.2 Å². The van der Waals surface area contributed by atoms with Gasteiger partial charge in [-0.3, -0.25) is 4.68 Å². The summed E-state index contributed by atoms with van der Waals surface area (Å²) in [7, 11) is 0. The van der Waals surface area contributed by atoms with Crippen LogP contribution in [0, 0.1) is 0 Å². The van der Waals surface area contributed by atoms with Crippen LogP contribution >= 0.6 is 0 Å². The molecule has 0 amide bonds. The number of nitrogens with two attached hydrogens (primary N) is 1. The summed E-state index contributed by atoms with van der Waals surface area (Å²) in [4.78, 5) is 0. The molecule has 0 aliphatic rings. The molecule has 1 heterocycles. The van der Waals surface area contributed by atoms with Crippen molar-refractivity contribution < 1.29 is 13.2 Å². The summed E-state index contributed by atoms with van der Waals surface area (Å²) in [6.07, 6.45) is -4.44. The van der Waals surface area contributed by atoms with Crippen LogP contribution < -0.4 is 5.73 Å². The Balaban J connectivity index is 2.49. The Morgan fingerprint density at radius 3 is 2.39 bits per heavy atom. The van der Waals surface area contributed by atoms with E-state index in [4.69, 9.17) is 5.73 Å². The Bertz CT molecular complexity index is 517. The van der Waals surface area contributed by atoms with Crippen LogP contribution in [0.3, 0.4) is 0 Å². The summed E-state index contributed by atoms with van der Waals surface area (Å²) in [5.74, 6) is 0. The molecular weight excluding hydrogens is 243 g/mol. The summed E-state index contributed by atoms with van der Waals surface area (Å²) < 4.78 is 39.2. The van der Waals surface area contributed by atoms with E-state index in [2.05, 4.69) is 5.10 Å². The summed E-state index contributed by atoms with van der Waals surface area (Å²) in [6.45, 7) is 0.485. The lowest BCUT2D eigenvalue weighted by Crippen LogP contribution is -2.13. The molecule has 0 fully saturated rings. The largest absolute Gasteiger partial charge is 0.435 e. The van der Waals surface area contributed by atoms with E-state index in [9.17, 15) is 13.2 Å². The molecular formula is C12H12F3N3. The first-order valence-corrected chi connectivity index (χ1v) is 5.43. The minimum absolute atomic E-state index is 0.235. The smallest absolute Gasteiger partial charge is 0.329 e. The minimum atomic E-state index is -4.44. The summed E-state index contributed by atoms with van der Waals surface area (Å²) >= 11 is 0. The molecule has 2 rings (SSSR count). The van der Waals surface area contributed by atoms with E-state index in [1.165, 1.54) is 4.68 Å². The molecule has 0 bridgehead atoms. The van der Waals surface area contributed by atoms with Gasteiger partial charge in [0.25, 0.3) is 0 Å². The molecule has 0 spiro atoms. The molecule has 0 aliphatic carbocycles. The first-order valence-electron chi connectivity index (χ1n) is 5.43. The van der Waals surface area contributed by atoms with Crippen LogP contribution in [0.25, 0.3) is 11.3 Å². The zero-order chi connectivity index (χ0) is 13.2. The number of alkyl halides is 3. The van der Waals surface area contributed by atoms with E-state index in [-0.39, 0.29) is 13.1 Å². The number of nitrogens with zero attached hydrogens (tertiary/aromatic N) is 2. The number of hydrogen-bond donors (Lipinski definition) is 1. The quantitative estimate of drug-likeness (QED) is 0.915. The molecule has 0 radical (unpaired) electrons. The fraction of sp³-hybridized carbons (Fsp3) is 0.250. The highest BCUT2D eigenvalue weighted by Gasteiger charge is 2.34. The Kier molecular flexibility index (Phi) is 3.38. The Labute approximate surface area is 102 Å². The second kappa shape index (κ2) is 4.81. The van der Waals surface area contributed by atoms with Gasteiger partial charge in [-0.1, -0.05) is 30.3 Å². The second-order valence-electron chi connectivity index (χ2n) is 3.79. The topological polar surface area (TPSA) is 43.8 Å². The van der Waals surface area contributed by atoms with E-state index in [1.54, 1.807) is 30.3 Å². The first-order chi connectivity index (χ1) is 8.52. The zero-order valence-electron chi connectivity index (χ0n) is 9.48. The van der Waals surface area contributed by atoms with Crippen LogP contribution in [0.2, 0.25) is 0 Å². The Morgan fingerprint density at radius 2 is 1.83 bits per heavy atom. The van der Waals surface area contributed by atoms with Gasteiger partial charge >= 0.3 is 6.18 Å². The third-order valence-electron chi connectivity index (χ3n) is 2.48. The second-order valence-corrected chi connectivity index (χ2v) is 3.79. The fourth-order valence-corrected chi connectivity index (χ4v) is 1.69. The number of halogens is 3. The summed E-state index contributed by atoms with van der Waals surface area (Å²) in [5, 5.41) is 3.56. The molecule has 6 heteroatoms. The average Bonchev–Trinajstić information content (AvgIpc) is 2.75. The molecule has 1 aromatic carbocycles. The fourth-order valence-electron chi connectivity index (χ4n) is 1.69. The van der Waals surface area contributed by atoms with Crippen molar-refractivity contribution in [1.29, 1.82) is 0 Å². The van der Waals surface area contributed by atoms with Crippen molar-refractivity contribution in [1.82, 2.24) is 9.78 Å². The van der Waals surface area contributed by atoms with Crippen molar-refractivity contribution in [3.8, 4) is 11.3 Å². The third kappa shape index (κ3) is 2.53. The first kappa shape index (κ1) is 12.6. The van der Waals surface area contributed by atoms with Gasteiger partial charge in [0.05, 0.1) is 12.2 Å². The molecule has 0 saturated carbocycles. The monoisotopic (exact) mass is 255 g/mol. The Hall–Kier alpha value is -1.82. The SMILES string of the molecule is NCCn1nc(C(F)(F)F)cc1-c1ccccc1. The maximum atomic E-state index is 12.6. The highest BCUT2D eigenvalue weighted by Crippen LogP contribution is 2.31. The van der Waals surface area contributed by atoms with Crippen molar-refractivity contribution in [2.45, 2.75) is 12.7 Å². The van der Waals surface area contributed by atoms with Gasteiger partial charge in [0.2, 0.25) is 0 Å². The number of benzene rings is 1. The van der Waals surface area contributed by atoms with E-state index in [1.807, 2.05) is 0 Å². The van der Waals surface area contributed by atoms with Crippen molar-refractivity contribution in [3.63, 3.8) is 0 Å². The average molecular weight is 255 g/mol. The molecule has 3 nitrogen and oxygen atoms in total. The molecule has 0 saturated heterocycles. The van der Waals surface area contributed by atoms with Crippen molar-refractivity contribution in [3.05, 3.63) is 42.1 Å². The van der Waals surface area contributed by atoms with Crippen molar-refractivity contribution >= 4 is 0 Å². The van der Waals surface area contributed by atoms with Crippen molar-refractivity contribution in [2.24, 2.45) is 5.73 Å². The summed E-state index contributed by atoms with van der Waals surface area (Å²) in [6, 6.07) is 9.86. The van der Waals surface area contributed by atoms with Gasteiger partial charge in [-0.05, 0) is 11.6 Å². The molecule has 0 unspecified atom stereocenters. The predicted octanol–water partition coefficient (Wildman–Crippen LogP) is 2.53. The van der Waals surface area contributed by atoms with Gasteiger partial charge in [-0.2, -0.15) is 18.3 Å². The molecule has 96 valence electrons. The highest BCUT2D eigenvalue weighted by atomic mass is 19.4. The lowest BCUT2D eigenvalue weighted by atomic mass is 10.1. The van der Waals surface area contributed by atoms with Crippen LogP contribution in [0.15, 0.2) is 36.4 Å². The van der Waals surface area contributed by atoms with Gasteiger partial charge in [0, 0.05) is 6.54 Å². The number of aromatic nitrogens is 2. The van der Waals surface area contributed by atoms with Gasteiger partial charge in [-0.15, -0.1) is 0 Å². The van der Waals surface area contributed by atoms with Gasteiger partial charge in [0.15, 0.2) is 5.69 Å². The lowest BCUT2D eigenvalue weighted by molar-refractivity contribution is -0.141. The van der Waals surface area contributed by atoms with Crippen LogP contribution in [-0.2, 0) is 12.7 Å². The molecule has 0 atom stereocenters. The van der Waals surface area contributed by atoms with Crippen molar-refractivity contribution in [2.75, 3.05) is 6.54 Å². The van der Waals surface area contributed by atoms with Crippen LogP contribution in [0.5, 0.6) is 0 Å². The highest BCUT2D eigenvalue weighted by molar-refractivity contribution is 5.60. The van der Waals surface area contributed by atoms with E-state index < -0.39 is 11.9 Å². The van der Waals surface area contributed by atoms with E-state index in [0.29, 0.717) is 11.3 Å². The molecule has 0 aliphatic heterocycles. The zero-order valence-corrected chi connectivity index (χ0v) is 9.48. The number of hydrogen-bond acceptors (Lipinski definition) is 2. The van der Waals surface area contributed by atoms with Gasteiger partial charge < -0.3 is 5.73 Å². The van der Waals surface area contributed by atoms with E-state index >= 15 is 0 Å². The van der Waals surface area contributed by atoms with Crippen LogP contribution in [-0.4, -0.2) is 16.3 Å². The normalized spacial score (nSPS) is 11.8. The standard InChI is InChI=1S/C12H12F3N3/c13-12(14,15)11-8-10(18(17-11)7-6-16)9-4-2-1-3-5-9/h1-5,8H,6-7,16H2. The molecule has 2 aromatic rings. The molecule has 2 N–H and O–H groups in total. The maximum absolute atomic E-state index is 12.6. The van der Waals surface area contributed by atoms with Crippen LogP contribution in [0.1, 0.15) is 5.69 Å². The lowest BCUT2D eigenvalue weighted by Gasteiger charge is -2.05. The number of rotatable bonds is 3. The van der Waals surface area contributed by atoms with Gasteiger partial charge in [0.1, 0.15) is 0 Å². The molecule has 18 heavy (non-hydrogen) atoms. The van der Waals surface area contributed by atoms with Gasteiger partial charge in [-0.25, -0.2) is 0 Å². The third-order valence-corrected chi connectivity index (χ3v) is 2.48. The predicted molar refractivity (Wildman–Crippen MR) is 61.7 cm³/mol. The van der Waals surface area contributed by atoms with E-state index in [0.717, 1.165) is 6.07 Å². The maximum Gasteiger partial charge on any atom is 0.435 e. The molecule has 1 aromatic heterocycles. The minimum Gasteiger partial charge on any atom is -0.329 e. The summed E-state index contributed by atoms with van der Waals surface area (Å²) in [5.41, 5.74) is 5.60.